The average Bonchev–Trinajstić information content (AvgIpc) is 2.51. The summed E-state index contributed by atoms with van der Waals surface area (Å²) in [6, 6.07) is 4.67. The van der Waals surface area contributed by atoms with Gasteiger partial charge in [-0.05, 0) is 38.5 Å². The minimum absolute atomic E-state index is 0.261. The summed E-state index contributed by atoms with van der Waals surface area (Å²) in [5.74, 6) is 1.22. The first-order valence-electron chi connectivity index (χ1n) is 8.72. The molecule has 0 radical (unpaired) electrons. The van der Waals surface area contributed by atoms with E-state index in [2.05, 4.69) is 6.92 Å². The number of sulfonamides is 1. The first-order valence-corrected chi connectivity index (χ1v) is 10.6. The van der Waals surface area contributed by atoms with Gasteiger partial charge in [-0.3, -0.25) is 0 Å². The zero-order valence-electron chi connectivity index (χ0n) is 15.7. The van der Waals surface area contributed by atoms with Crippen LogP contribution in [0.3, 0.4) is 0 Å². The number of ether oxygens (including phenoxy) is 2. The van der Waals surface area contributed by atoms with Gasteiger partial charge in [0.25, 0.3) is 0 Å². The van der Waals surface area contributed by atoms with Gasteiger partial charge in [-0.2, -0.15) is 4.31 Å². The Bertz CT molecular complexity index is 701. The van der Waals surface area contributed by atoms with Gasteiger partial charge in [0.05, 0.1) is 18.9 Å². The molecular formula is C18H29NO5S. The third-order valence-electron chi connectivity index (χ3n) is 4.50. The van der Waals surface area contributed by atoms with Gasteiger partial charge < -0.3 is 14.6 Å². The summed E-state index contributed by atoms with van der Waals surface area (Å²) in [4.78, 5) is 0. The van der Waals surface area contributed by atoms with E-state index in [4.69, 9.17) is 9.47 Å². The van der Waals surface area contributed by atoms with Gasteiger partial charge >= 0.3 is 0 Å². The number of hydrogen-bond acceptors (Lipinski definition) is 5. The summed E-state index contributed by atoms with van der Waals surface area (Å²) in [5, 5.41) is 10.8. The van der Waals surface area contributed by atoms with Gasteiger partial charge in [-0.1, -0.05) is 20.3 Å². The standard InChI is InChI=1S/C18H29NO5S/c1-6-8-11-23-13-9-10-15-14(12-13)16(17(20)18(3,4)24-15)19(7-2)25(5,21)22/h9-10,12,16-17,20H,6-8,11H2,1-5H3. The van der Waals surface area contributed by atoms with E-state index in [9.17, 15) is 13.5 Å². The van der Waals surface area contributed by atoms with Crippen LogP contribution in [0.2, 0.25) is 0 Å². The molecule has 0 saturated heterocycles. The van der Waals surface area contributed by atoms with Gasteiger partial charge in [0.1, 0.15) is 23.2 Å². The quantitative estimate of drug-likeness (QED) is 0.746. The highest BCUT2D eigenvalue weighted by Crippen LogP contribution is 2.44. The number of benzene rings is 1. The predicted octanol–water partition coefficient (Wildman–Crippen LogP) is 2.72. The van der Waals surface area contributed by atoms with Crippen molar-refractivity contribution in [1.82, 2.24) is 4.31 Å². The molecule has 7 heteroatoms. The van der Waals surface area contributed by atoms with Crippen LogP contribution in [0, 0.1) is 0 Å². The van der Waals surface area contributed by atoms with Crippen LogP contribution in [0.4, 0.5) is 0 Å². The Labute approximate surface area is 150 Å². The number of aliphatic hydroxyl groups excluding tert-OH is 1. The van der Waals surface area contributed by atoms with Crippen molar-refractivity contribution in [1.29, 1.82) is 0 Å². The molecule has 2 unspecified atom stereocenters. The van der Waals surface area contributed by atoms with Gasteiger partial charge in [0.15, 0.2) is 0 Å². The van der Waals surface area contributed by atoms with E-state index in [1.54, 1.807) is 32.9 Å². The molecule has 0 fully saturated rings. The Morgan fingerprint density at radius 3 is 2.56 bits per heavy atom. The van der Waals surface area contributed by atoms with E-state index in [-0.39, 0.29) is 6.54 Å². The zero-order chi connectivity index (χ0) is 18.8. The fraction of sp³-hybridized carbons (Fsp3) is 0.667. The second-order valence-corrected chi connectivity index (χ2v) is 8.90. The lowest BCUT2D eigenvalue weighted by Crippen LogP contribution is -2.54. The lowest BCUT2D eigenvalue weighted by molar-refractivity contribution is -0.0786. The number of rotatable bonds is 7. The predicted molar refractivity (Wildman–Crippen MR) is 97.5 cm³/mol. The Hall–Kier alpha value is -1.31. The van der Waals surface area contributed by atoms with Crippen LogP contribution < -0.4 is 9.47 Å². The molecule has 1 heterocycles. The van der Waals surface area contributed by atoms with E-state index < -0.39 is 27.8 Å². The van der Waals surface area contributed by atoms with Crippen molar-refractivity contribution in [3.05, 3.63) is 23.8 Å². The molecule has 6 nitrogen and oxygen atoms in total. The highest BCUT2D eigenvalue weighted by Gasteiger charge is 2.47. The van der Waals surface area contributed by atoms with Crippen molar-refractivity contribution in [3.63, 3.8) is 0 Å². The molecule has 0 amide bonds. The second-order valence-electron chi connectivity index (χ2n) is 6.96. The van der Waals surface area contributed by atoms with Crippen molar-refractivity contribution < 1.29 is 23.0 Å². The van der Waals surface area contributed by atoms with Gasteiger partial charge in [0, 0.05) is 12.1 Å². The molecular weight excluding hydrogens is 342 g/mol. The first-order chi connectivity index (χ1) is 11.6. The van der Waals surface area contributed by atoms with Crippen LogP contribution in [0.1, 0.15) is 52.1 Å². The van der Waals surface area contributed by atoms with Crippen LogP contribution in [-0.2, 0) is 10.0 Å². The summed E-state index contributed by atoms with van der Waals surface area (Å²) in [7, 11) is -3.50. The van der Waals surface area contributed by atoms with Crippen LogP contribution in [-0.4, -0.2) is 48.9 Å². The van der Waals surface area contributed by atoms with Crippen molar-refractivity contribution >= 4 is 10.0 Å². The molecule has 0 aromatic heterocycles. The maximum Gasteiger partial charge on any atom is 0.211 e. The molecule has 0 bridgehead atoms. The molecule has 1 N–H and O–H groups in total. The molecule has 25 heavy (non-hydrogen) atoms. The zero-order valence-corrected chi connectivity index (χ0v) is 16.5. The summed E-state index contributed by atoms with van der Waals surface area (Å²) in [6.07, 6.45) is 2.13. The number of unbranched alkanes of at least 4 members (excludes halogenated alkanes) is 1. The third kappa shape index (κ3) is 4.27. The Morgan fingerprint density at radius 1 is 1.32 bits per heavy atom. The van der Waals surface area contributed by atoms with E-state index in [0.717, 1.165) is 19.1 Å². The monoisotopic (exact) mass is 371 g/mol. The Balaban J connectivity index is 2.49. The molecule has 2 rings (SSSR count). The number of hydrogen-bond donors (Lipinski definition) is 1. The molecule has 142 valence electrons. The highest BCUT2D eigenvalue weighted by molar-refractivity contribution is 7.88. The number of fused-ring (bicyclic) bond motifs is 1. The van der Waals surface area contributed by atoms with Crippen LogP contribution in [0.25, 0.3) is 0 Å². The van der Waals surface area contributed by atoms with Crippen molar-refractivity contribution in [3.8, 4) is 11.5 Å². The number of nitrogens with zero attached hydrogens (tertiary/aromatic N) is 1. The fourth-order valence-corrected chi connectivity index (χ4v) is 4.23. The van der Waals surface area contributed by atoms with E-state index in [1.807, 2.05) is 6.07 Å². The topological polar surface area (TPSA) is 76.1 Å². The van der Waals surface area contributed by atoms with Gasteiger partial charge in [0.2, 0.25) is 10.0 Å². The molecule has 2 atom stereocenters. The van der Waals surface area contributed by atoms with Gasteiger partial charge in [-0.15, -0.1) is 0 Å². The molecule has 1 aliphatic heterocycles. The fourth-order valence-electron chi connectivity index (χ4n) is 3.12. The highest BCUT2D eigenvalue weighted by atomic mass is 32.2. The molecule has 0 aliphatic carbocycles. The second kappa shape index (κ2) is 7.51. The van der Waals surface area contributed by atoms with E-state index in [0.29, 0.717) is 23.7 Å². The summed E-state index contributed by atoms with van der Waals surface area (Å²) in [6.45, 7) is 8.22. The molecule has 0 saturated carbocycles. The summed E-state index contributed by atoms with van der Waals surface area (Å²) < 4.78 is 37.5. The lowest BCUT2D eigenvalue weighted by atomic mass is 9.86. The molecule has 1 aromatic carbocycles. The molecule has 0 spiro atoms. The maximum absolute atomic E-state index is 12.3. The smallest absolute Gasteiger partial charge is 0.211 e. The van der Waals surface area contributed by atoms with E-state index in [1.165, 1.54) is 4.31 Å². The van der Waals surface area contributed by atoms with Crippen LogP contribution in [0.5, 0.6) is 11.5 Å². The summed E-state index contributed by atoms with van der Waals surface area (Å²) in [5.41, 5.74) is -0.270. The SMILES string of the molecule is CCCCOc1ccc2c(c1)C(N(CC)S(C)(=O)=O)C(O)C(C)(C)O2. The minimum Gasteiger partial charge on any atom is -0.494 e. The minimum atomic E-state index is -3.50. The molecule has 1 aromatic rings. The molecule has 1 aliphatic rings. The first kappa shape index (κ1) is 20.0. The number of likely N-dealkylation sites (N-methyl/N-ethyl adjacent to an activating group) is 1. The van der Waals surface area contributed by atoms with E-state index >= 15 is 0 Å². The largest absolute Gasteiger partial charge is 0.494 e. The maximum atomic E-state index is 12.3. The Morgan fingerprint density at radius 2 is 2.00 bits per heavy atom. The van der Waals surface area contributed by atoms with Crippen LogP contribution in [0.15, 0.2) is 18.2 Å². The number of aliphatic hydroxyl groups is 1. The lowest BCUT2D eigenvalue weighted by Gasteiger charge is -2.45. The van der Waals surface area contributed by atoms with Gasteiger partial charge in [-0.25, -0.2) is 8.42 Å². The summed E-state index contributed by atoms with van der Waals surface area (Å²) >= 11 is 0. The van der Waals surface area contributed by atoms with Crippen molar-refractivity contribution in [2.24, 2.45) is 0 Å². The Kier molecular flexibility index (Phi) is 6.01. The van der Waals surface area contributed by atoms with Crippen molar-refractivity contribution in [2.75, 3.05) is 19.4 Å². The van der Waals surface area contributed by atoms with Crippen LogP contribution >= 0.6 is 0 Å². The average molecular weight is 371 g/mol. The third-order valence-corrected chi connectivity index (χ3v) is 5.84. The normalized spacial score (nSPS) is 22.4. The van der Waals surface area contributed by atoms with Crippen molar-refractivity contribution in [2.45, 2.75) is 58.3 Å².